The second kappa shape index (κ2) is 10.4. The van der Waals surface area contributed by atoms with Crippen LogP contribution in [0.25, 0.3) is 77.2 Å². The molecule has 1 heterocycles. The minimum absolute atomic E-state index is 0.0525. The van der Waals surface area contributed by atoms with Gasteiger partial charge in [-0.25, -0.2) is 0 Å². The van der Waals surface area contributed by atoms with E-state index in [1.165, 1.54) is 11.8 Å². The molecule has 2 aliphatic carbocycles. The molecule has 1 unspecified atom stereocenters. The van der Waals surface area contributed by atoms with Crippen molar-refractivity contribution in [2.24, 2.45) is 0 Å². The molecule has 0 aromatic heterocycles. The zero-order valence-corrected chi connectivity index (χ0v) is 28.1. The minimum Gasteiger partial charge on any atom is -0.0888 e. The minimum atomic E-state index is -1.47. The summed E-state index contributed by atoms with van der Waals surface area (Å²) in [7, 11) is 0. The van der Waals surface area contributed by atoms with Gasteiger partial charge in [-0.1, -0.05) is 169 Å². The highest BCUT2D eigenvalue weighted by atomic mass is 32.2. The van der Waals surface area contributed by atoms with E-state index in [4.69, 9.17) is 9.60 Å². The smallest absolute Gasteiger partial charge is 0.0725 e. The Labute approximate surface area is 323 Å². The highest BCUT2D eigenvalue weighted by molar-refractivity contribution is 7.99. The van der Waals surface area contributed by atoms with Gasteiger partial charge in [0.1, 0.15) is 0 Å². The quantitative estimate of drug-likeness (QED) is 0.174. The first-order valence-corrected chi connectivity index (χ1v) is 17.9. The zero-order valence-electron chi connectivity index (χ0n) is 39.3. The van der Waals surface area contributed by atoms with Gasteiger partial charge in [0, 0.05) is 15.2 Å². The second-order valence-corrected chi connectivity index (χ2v) is 14.5. The topological polar surface area (TPSA) is 0 Å². The highest BCUT2D eigenvalue weighted by Crippen LogP contribution is 2.62. The van der Waals surface area contributed by atoms with E-state index >= 15 is 0 Å². The summed E-state index contributed by atoms with van der Waals surface area (Å²) >= 11 is 1.52. The van der Waals surface area contributed by atoms with Gasteiger partial charge in [-0.15, -0.1) is 0 Å². The van der Waals surface area contributed by atoms with Crippen LogP contribution in [0.2, 0.25) is 0 Å². The molecule has 240 valence electrons. The van der Waals surface area contributed by atoms with Crippen molar-refractivity contribution in [3.8, 4) is 55.6 Å². The van der Waals surface area contributed by atoms with E-state index in [1.54, 1.807) is 6.07 Å². The molecule has 0 radical (unpaired) electrons. The summed E-state index contributed by atoms with van der Waals surface area (Å²) in [6, 6.07) is 31.0. The van der Waals surface area contributed by atoms with Crippen LogP contribution in [0.3, 0.4) is 0 Å². The Hall–Kier alpha value is -6.15. The largest absolute Gasteiger partial charge is 0.0888 e. The van der Waals surface area contributed by atoms with E-state index in [-0.39, 0.29) is 70.1 Å². The lowest BCUT2D eigenvalue weighted by molar-refractivity contribution is 0.774. The lowest BCUT2D eigenvalue weighted by atomic mass is 9.61. The van der Waals surface area contributed by atoms with Gasteiger partial charge in [0.15, 0.2) is 0 Å². The molecule has 0 N–H and O–H groups in total. The molecule has 0 saturated carbocycles. The Morgan fingerprint density at radius 1 is 0.404 bits per heavy atom. The molecule has 1 aliphatic heterocycles. The van der Waals surface area contributed by atoms with E-state index in [0.717, 1.165) is 59.3 Å². The molecule has 0 bridgehead atoms. The van der Waals surface area contributed by atoms with Crippen LogP contribution in [-0.4, -0.2) is 0 Å². The van der Waals surface area contributed by atoms with Crippen LogP contribution in [0.4, 0.5) is 0 Å². The van der Waals surface area contributed by atoms with Gasteiger partial charge in [0.05, 0.1) is 21.9 Å². The van der Waals surface area contributed by atoms with Crippen molar-refractivity contribution in [2.75, 3.05) is 0 Å². The average molecular weight is 687 g/mol. The molecule has 1 spiro atoms. The van der Waals surface area contributed by atoms with Gasteiger partial charge in [0.2, 0.25) is 0 Å². The first-order valence-electron chi connectivity index (χ1n) is 23.1. The van der Waals surface area contributed by atoms with Gasteiger partial charge in [-0.2, -0.15) is 0 Å². The molecular formula is C51H30S. The third-order valence-corrected chi connectivity index (χ3v) is 12.1. The van der Waals surface area contributed by atoms with E-state index in [2.05, 4.69) is 0 Å². The SMILES string of the molecule is [2H]c1c([2H])c([2H])c(-c2ccc3c(c2)-c2cccc4c(-c5c([2H])c([2H])c6c(c5[2H])C5(c7ccccc7-c7cccc8cccc5c78)c5c([2H])c([2H])c([2H])c([2H])c5-6)ccc(c24)S3)c([2H])c1[2H]. The van der Waals surface area contributed by atoms with Crippen molar-refractivity contribution in [3.05, 3.63) is 204 Å². The lowest BCUT2D eigenvalue weighted by Crippen LogP contribution is -2.31. The van der Waals surface area contributed by atoms with Gasteiger partial charge in [0.25, 0.3) is 0 Å². The summed E-state index contributed by atoms with van der Waals surface area (Å²) in [5, 5.41) is 3.36. The summed E-state index contributed by atoms with van der Waals surface area (Å²) < 4.78 is 109. The maximum absolute atomic E-state index is 10.5. The Kier molecular flexibility index (Phi) is 3.91. The van der Waals surface area contributed by atoms with E-state index < -0.39 is 35.6 Å². The molecule has 0 nitrogen and oxygen atoms in total. The predicted molar refractivity (Wildman–Crippen MR) is 218 cm³/mol. The van der Waals surface area contributed by atoms with Gasteiger partial charge in [-0.3, -0.25) is 0 Å². The Morgan fingerprint density at radius 3 is 2.06 bits per heavy atom. The predicted octanol–water partition coefficient (Wildman–Crippen LogP) is 13.8. The molecular weight excluding hydrogens is 645 g/mol. The summed E-state index contributed by atoms with van der Waals surface area (Å²) in [5.41, 5.74) is 5.59. The molecule has 9 aromatic rings. The Bertz CT molecular complexity index is 3660. The zero-order chi connectivity index (χ0) is 44.4. The fraction of sp³-hybridized carbons (Fsp3) is 0.0196. The standard InChI is InChI=1S/C51H30S/c1-2-11-31(12-3-1)33-24-27-47-42(29-33)41-19-10-18-39-35(26-28-48(52-47)50(39)41)34-23-25-38-36-15-4-6-20-43(36)51(46(38)30-34)44-21-7-5-16-37(44)40-17-8-13-32-14-9-22-45(51)49(32)40/h1-30H/i1D,2D,3D,4D,6D,11D,12D,15D,20D,23D,25D,30D. The summed E-state index contributed by atoms with van der Waals surface area (Å²) in [6.07, 6.45) is 0. The molecule has 3 aliphatic rings. The van der Waals surface area contributed by atoms with Crippen LogP contribution in [0, 0.1) is 0 Å². The first kappa shape index (κ1) is 19.5. The number of hydrogen-bond donors (Lipinski definition) is 0. The fourth-order valence-corrected chi connectivity index (χ4v) is 10.0. The van der Waals surface area contributed by atoms with Gasteiger partial charge in [-0.05, 0) is 118 Å². The van der Waals surface area contributed by atoms with Crippen molar-refractivity contribution in [1.29, 1.82) is 0 Å². The number of fused-ring (bicyclic) bond motifs is 11. The van der Waals surface area contributed by atoms with Crippen LogP contribution in [0.15, 0.2) is 191 Å². The lowest BCUT2D eigenvalue weighted by Gasteiger charge is -2.40. The van der Waals surface area contributed by atoms with E-state index in [0.29, 0.717) is 22.1 Å². The van der Waals surface area contributed by atoms with Crippen LogP contribution < -0.4 is 0 Å². The Morgan fingerprint density at radius 2 is 1.13 bits per heavy atom. The van der Waals surface area contributed by atoms with Crippen molar-refractivity contribution in [3.63, 3.8) is 0 Å². The van der Waals surface area contributed by atoms with Crippen molar-refractivity contribution in [2.45, 2.75) is 15.2 Å². The van der Waals surface area contributed by atoms with Gasteiger partial charge >= 0.3 is 0 Å². The molecule has 12 rings (SSSR count). The van der Waals surface area contributed by atoms with Crippen LogP contribution in [0.1, 0.15) is 38.7 Å². The molecule has 1 atom stereocenters. The molecule has 1 heteroatoms. The molecule has 0 fully saturated rings. The number of hydrogen-bond acceptors (Lipinski definition) is 1. The second-order valence-electron chi connectivity index (χ2n) is 13.4. The van der Waals surface area contributed by atoms with E-state index in [9.17, 15) is 6.85 Å². The Balaban J connectivity index is 1.18. The normalized spacial score (nSPS) is 18.9. The average Bonchev–Trinajstić information content (AvgIpc) is 3.63. The third-order valence-electron chi connectivity index (χ3n) is 11.0. The number of rotatable bonds is 2. The molecule has 9 aromatic carbocycles. The van der Waals surface area contributed by atoms with Crippen LogP contribution in [-0.2, 0) is 5.41 Å². The molecule has 0 amide bonds. The van der Waals surface area contributed by atoms with E-state index in [1.807, 2.05) is 103 Å². The maximum atomic E-state index is 10.5. The first-order chi connectivity index (χ1) is 30.8. The van der Waals surface area contributed by atoms with Gasteiger partial charge < -0.3 is 0 Å². The maximum Gasteiger partial charge on any atom is 0.0725 e. The third kappa shape index (κ3) is 3.63. The fourth-order valence-electron chi connectivity index (χ4n) is 8.92. The van der Waals surface area contributed by atoms with Crippen LogP contribution in [0.5, 0.6) is 0 Å². The number of benzene rings is 9. The molecule has 0 saturated heterocycles. The summed E-state index contributed by atoms with van der Waals surface area (Å²) in [6.45, 7) is 0. The van der Waals surface area contributed by atoms with Crippen molar-refractivity contribution < 1.29 is 16.4 Å². The monoisotopic (exact) mass is 686 g/mol. The van der Waals surface area contributed by atoms with Crippen LogP contribution >= 0.6 is 11.8 Å². The highest BCUT2D eigenvalue weighted by Gasteiger charge is 2.50. The summed E-state index contributed by atoms with van der Waals surface area (Å²) in [4.78, 5) is 1.82. The van der Waals surface area contributed by atoms with Crippen molar-refractivity contribution in [1.82, 2.24) is 0 Å². The van der Waals surface area contributed by atoms with Crippen molar-refractivity contribution >= 4 is 33.3 Å². The molecule has 52 heavy (non-hydrogen) atoms. The summed E-state index contributed by atoms with van der Waals surface area (Å²) in [5.74, 6) is 0.